The van der Waals surface area contributed by atoms with Gasteiger partial charge < -0.3 is 15.0 Å². The van der Waals surface area contributed by atoms with Crippen LogP contribution in [0.4, 0.5) is 5.82 Å². The Bertz CT molecular complexity index is 842. The number of aryl methyl sites for hydroxylation is 2. The van der Waals surface area contributed by atoms with Crippen LogP contribution in [0.5, 0.6) is 0 Å². The molecule has 2 fully saturated rings. The first-order valence-corrected chi connectivity index (χ1v) is 9.92. The number of carbonyl (C=O) groups excluding carboxylic acids is 1. The van der Waals surface area contributed by atoms with Crippen molar-refractivity contribution in [2.75, 3.05) is 31.1 Å². The first-order valence-electron chi connectivity index (χ1n) is 9.92. The van der Waals surface area contributed by atoms with E-state index in [0.29, 0.717) is 12.2 Å². The van der Waals surface area contributed by atoms with Crippen LogP contribution >= 0.6 is 0 Å². The molecule has 0 spiro atoms. The van der Waals surface area contributed by atoms with Crippen molar-refractivity contribution in [3.05, 3.63) is 23.1 Å². The van der Waals surface area contributed by atoms with Gasteiger partial charge in [-0.15, -0.1) is 0 Å². The van der Waals surface area contributed by atoms with Gasteiger partial charge in [-0.1, -0.05) is 0 Å². The van der Waals surface area contributed by atoms with Gasteiger partial charge >= 0.3 is 0 Å². The molecule has 2 aromatic rings. The van der Waals surface area contributed by atoms with E-state index in [-0.39, 0.29) is 17.8 Å². The number of anilines is 1. The summed E-state index contributed by atoms with van der Waals surface area (Å²) in [6.45, 7) is 7.19. The minimum absolute atomic E-state index is 0.0959. The Morgan fingerprint density at radius 1 is 1.19 bits per heavy atom. The number of fused-ring (bicyclic) bond motifs is 1. The predicted octanol–water partition coefficient (Wildman–Crippen LogP) is 2.54. The molecule has 2 aliphatic rings. The van der Waals surface area contributed by atoms with Crippen LogP contribution in [0.15, 0.2) is 6.07 Å². The van der Waals surface area contributed by atoms with E-state index in [9.17, 15) is 4.79 Å². The van der Waals surface area contributed by atoms with Crippen molar-refractivity contribution in [2.45, 2.75) is 52.1 Å². The average Bonchev–Trinajstić information content (AvgIpc) is 3.19. The monoisotopic (exact) mass is 369 g/mol. The second-order valence-electron chi connectivity index (χ2n) is 7.54. The summed E-state index contributed by atoms with van der Waals surface area (Å²) in [6.07, 6.45) is 5.66. The number of rotatable bonds is 4. The Morgan fingerprint density at radius 2 is 2.00 bits per heavy atom. The summed E-state index contributed by atoms with van der Waals surface area (Å²) in [5.41, 5.74) is 2.60. The summed E-state index contributed by atoms with van der Waals surface area (Å²) in [5, 5.41) is 3.89. The molecule has 2 saturated heterocycles. The number of ether oxygens (including phenoxy) is 1. The molecule has 144 valence electrons. The molecule has 0 unspecified atom stereocenters. The summed E-state index contributed by atoms with van der Waals surface area (Å²) in [5.74, 6) is 0.775. The van der Waals surface area contributed by atoms with Gasteiger partial charge in [0.2, 0.25) is 5.82 Å². The van der Waals surface area contributed by atoms with Gasteiger partial charge in [0.25, 0.3) is 5.91 Å². The number of pyridine rings is 1. The highest BCUT2D eigenvalue weighted by Crippen LogP contribution is 2.28. The second kappa shape index (κ2) is 7.76. The molecule has 7 nitrogen and oxygen atoms in total. The van der Waals surface area contributed by atoms with Gasteiger partial charge in [-0.25, -0.2) is 15.0 Å². The summed E-state index contributed by atoms with van der Waals surface area (Å²) in [6, 6.07) is 2.05. The van der Waals surface area contributed by atoms with Gasteiger partial charge in [-0.05, 0) is 57.6 Å². The van der Waals surface area contributed by atoms with Crippen LogP contribution in [-0.2, 0) is 4.74 Å². The second-order valence-corrected chi connectivity index (χ2v) is 7.54. The van der Waals surface area contributed by atoms with Crippen LogP contribution in [0, 0.1) is 13.8 Å². The molecule has 1 amide bonds. The summed E-state index contributed by atoms with van der Waals surface area (Å²) >= 11 is 0. The molecular formula is C20H27N5O2. The molecule has 7 heteroatoms. The van der Waals surface area contributed by atoms with Crippen LogP contribution < -0.4 is 10.2 Å². The Kier molecular flexibility index (Phi) is 5.20. The zero-order chi connectivity index (χ0) is 18.8. The van der Waals surface area contributed by atoms with Gasteiger partial charge in [0.05, 0.1) is 11.5 Å². The molecule has 2 aliphatic heterocycles. The van der Waals surface area contributed by atoms with E-state index in [4.69, 9.17) is 4.74 Å². The number of piperidine rings is 1. The van der Waals surface area contributed by atoms with Gasteiger partial charge in [0.15, 0.2) is 5.65 Å². The van der Waals surface area contributed by atoms with E-state index in [1.54, 1.807) is 0 Å². The van der Waals surface area contributed by atoms with E-state index in [1.807, 2.05) is 6.92 Å². The molecule has 2 aromatic heterocycles. The zero-order valence-electron chi connectivity index (χ0n) is 16.1. The minimum atomic E-state index is -0.258. The molecule has 4 heterocycles. The molecule has 0 saturated carbocycles. The van der Waals surface area contributed by atoms with Crippen molar-refractivity contribution in [1.82, 2.24) is 20.3 Å². The highest BCUT2D eigenvalue weighted by molar-refractivity contribution is 5.96. The standard InChI is InChI=1S/C20H27N5O2/c1-13-11-14(2)22-17-16(13)19(25-8-4-3-5-9-25)24-18(23-17)20(26)21-12-15-7-6-10-27-15/h11,15H,3-10,12H2,1-2H3,(H,21,26)/t15-/m1/s1. The molecule has 0 radical (unpaired) electrons. The van der Waals surface area contributed by atoms with Crippen molar-refractivity contribution in [1.29, 1.82) is 0 Å². The maximum atomic E-state index is 12.7. The Hall–Kier alpha value is -2.28. The lowest BCUT2D eigenvalue weighted by Gasteiger charge is -2.29. The first kappa shape index (κ1) is 18.1. The third-order valence-corrected chi connectivity index (χ3v) is 5.35. The number of nitrogens with zero attached hydrogens (tertiary/aromatic N) is 4. The third kappa shape index (κ3) is 3.88. The fourth-order valence-corrected chi connectivity index (χ4v) is 3.98. The zero-order valence-corrected chi connectivity index (χ0v) is 16.1. The fourth-order valence-electron chi connectivity index (χ4n) is 3.98. The van der Waals surface area contributed by atoms with E-state index < -0.39 is 0 Å². The van der Waals surface area contributed by atoms with Crippen molar-refractivity contribution < 1.29 is 9.53 Å². The highest BCUT2D eigenvalue weighted by Gasteiger charge is 2.23. The lowest BCUT2D eigenvalue weighted by Crippen LogP contribution is -2.34. The third-order valence-electron chi connectivity index (χ3n) is 5.35. The van der Waals surface area contributed by atoms with E-state index in [1.165, 1.54) is 6.42 Å². The number of nitrogens with one attached hydrogen (secondary N) is 1. The SMILES string of the molecule is Cc1cc(C)c2c(N3CCCCC3)nc(C(=O)NC[C@H]3CCCO3)nc2n1. The summed E-state index contributed by atoms with van der Waals surface area (Å²) < 4.78 is 5.58. The van der Waals surface area contributed by atoms with Crippen LogP contribution in [0.25, 0.3) is 11.0 Å². The smallest absolute Gasteiger partial charge is 0.289 e. The maximum Gasteiger partial charge on any atom is 0.289 e. The van der Waals surface area contributed by atoms with E-state index in [2.05, 4.69) is 38.2 Å². The summed E-state index contributed by atoms with van der Waals surface area (Å²) in [7, 11) is 0. The molecule has 0 aliphatic carbocycles. The van der Waals surface area contributed by atoms with Gasteiger partial charge in [-0.2, -0.15) is 0 Å². The maximum absolute atomic E-state index is 12.7. The molecule has 4 rings (SSSR count). The number of hydrogen-bond donors (Lipinski definition) is 1. The Labute approximate surface area is 159 Å². The minimum Gasteiger partial charge on any atom is -0.376 e. The summed E-state index contributed by atoms with van der Waals surface area (Å²) in [4.78, 5) is 28.8. The van der Waals surface area contributed by atoms with E-state index in [0.717, 1.165) is 67.8 Å². The quantitative estimate of drug-likeness (QED) is 0.892. The van der Waals surface area contributed by atoms with E-state index >= 15 is 0 Å². The van der Waals surface area contributed by atoms with Crippen molar-refractivity contribution >= 4 is 22.8 Å². The Balaban J connectivity index is 1.68. The first-order chi connectivity index (χ1) is 13.1. The number of hydrogen-bond acceptors (Lipinski definition) is 6. The molecule has 0 bridgehead atoms. The van der Waals surface area contributed by atoms with Crippen molar-refractivity contribution in [3.8, 4) is 0 Å². The van der Waals surface area contributed by atoms with Crippen molar-refractivity contribution in [3.63, 3.8) is 0 Å². The van der Waals surface area contributed by atoms with Crippen LogP contribution in [-0.4, -0.2) is 53.2 Å². The average molecular weight is 369 g/mol. The molecular weight excluding hydrogens is 342 g/mol. The topological polar surface area (TPSA) is 80.2 Å². The lowest BCUT2D eigenvalue weighted by atomic mass is 10.1. The largest absolute Gasteiger partial charge is 0.376 e. The van der Waals surface area contributed by atoms with Crippen LogP contribution in [0.3, 0.4) is 0 Å². The van der Waals surface area contributed by atoms with Crippen LogP contribution in [0.1, 0.15) is 54.0 Å². The predicted molar refractivity (Wildman–Crippen MR) is 104 cm³/mol. The molecule has 27 heavy (non-hydrogen) atoms. The fraction of sp³-hybridized carbons (Fsp3) is 0.600. The number of amides is 1. The molecule has 1 N–H and O–H groups in total. The normalized spacial score (nSPS) is 20.2. The molecule has 1 atom stereocenters. The van der Waals surface area contributed by atoms with Gasteiger partial charge in [0, 0.05) is 31.9 Å². The van der Waals surface area contributed by atoms with Gasteiger partial charge in [-0.3, -0.25) is 4.79 Å². The number of aromatic nitrogens is 3. The lowest BCUT2D eigenvalue weighted by molar-refractivity contribution is 0.0849. The number of carbonyl (C=O) groups is 1. The van der Waals surface area contributed by atoms with Gasteiger partial charge in [0.1, 0.15) is 5.82 Å². The van der Waals surface area contributed by atoms with Crippen molar-refractivity contribution in [2.24, 2.45) is 0 Å². The highest BCUT2D eigenvalue weighted by atomic mass is 16.5. The van der Waals surface area contributed by atoms with Crippen LogP contribution in [0.2, 0.25) is 0 Å². The molecule has 0 aromatic carbocycles. The Morgan fingerprint density at radius 3 is 2.74 bits per heavy atom.